The van der Waals surface area contributed by atoms with E-state index in [0.29, 0.717) is 31.1 Å². The third kappa shape index (κ3) is 9.41. The highest BCUT2D eigenvalue weighted by Gasteiger charge is 2.32. The van der Waals surface area contributed by atoms with Crippen molar-refractivity contribution >= 4 is 12.1 Å². The first kappa shape index (κ1) is 29.1. The summed E-state index contributed by atoms with van der Waals surface area (Å²) in [6, 6.07) is 3.31. The number of nitrogens with one attached hydrogen (secondary N) is 3. The monoisotopic (exact) mass is 524 g/mol. The molecule has 208 valence electrons. The summed E-state index contributed by atoms with van der Waals surface area (Å²) in [7, 11) is 3.17. The van der Waals surface area contributed by atoms with Crippen LogP contribution in [-0.4, -0.2) is 70.0 Å². The number of nitrogens with zero attached hydrogens (tertiary/aromatic N) is 1. The number of ether oxygens (including phenoxy) is 2. The topological polar surface area (TPSA) is 91.9 Å². The summed E-state index contributed by atoms with van der Waals surface area (Å²) in [5.74, 6) is -0.876. The van der Waals surface area contributed by atoms with Crippen molar-refractivity contribution in [3.63, 3.8) is 0 Å². The Balaban J connectivity index is 1.65. The second-order valence-electron chi connectivity index (χ2n) is 10.2. The standard InChI is InChI=1S/C27H42F2N4O4/c1-30-17-24(13-19-7-4-3-5-8-19)32-26(34)33-11-6-9-20(18-33)25(37-12-10-31-27(35)36-2)21-14-22(28)16-23(29)15-21/h14-16,19-20,24-25,30H,3-13,17-18H2,1-2H3,(H,31,35)(H,32,34). The van der Waals surface area contributed by atoms with Gasteiger partial charge in [0.2, 0.25) is 0 Å². The second kappa shape index (κ2) is 15.1. The van der Waals surface area contributed by atoms with Crippen LogP contribution in [0.15, 0.2) is 18.2 Å². The Hall–Kier alpha value is -2.46. The Bertz CT molecular complexity index is 849. The molecule has 2 fully saturated rings. The number of hydrogen-bond acceptors (Lipinski definition) is 5. The van der Waals surface area contributed by atoms with Gasteiger partial charge in [-0.1, -0.05) is 32.1 Å². The van der Waals surface area contributed by atoms with Crippen molar-refractivity contribution in [3.05, 3.63) is 35.4 Å². The van der Waals surface area contributed by atoms with Crippen LogP contribution in [0.2, 0.25) is 0 Å². The average molecular weight is 525 g/mol. The number of piperidine rings is 1. The lowest BCUT2D eigenvalue weighted by molar-refractivity contribution is -0.00897. The van der Waals surface area contributed by atoms with E-state index < -0.39 is 23.8 Å². The number of amides is 3. The molecule has 3 atom stereocenters. The van der Waals surface area contributed by atoms with Crippen LogP contribution >= 0.6 is 0 Å². The maximum atomic E-state index is 14.1. The number of rotatable bonds is 11. The Morgan fingerprint density at radius 3 is 2.49 bits per heavy atom. The number of likely N-dealkylation sites (N-methyl/N-ethyl adjacent to an activating group) is 1. The SMILES string of the molecule is CNCC(CC1CCCCC1)NC(=O)N1CCCC(C(OCCNC(=O)OC)c2cc(F)cc(F)c2)C1. The molecule has 37 heavy (non-hydrogen) atoms. The maximum absolute atomic E-state index is 14.1. The highest BCUT2D eigenvalue weighted by Crippen LogP contribution is 2.34. The predicted molar refractivity (Wildman–Crippen MR) is 137 cm³/mol. The third-order valence-electron chi connectivity index (χ3n) is 7.36. The normalized spacial score (nSPS) is 20.2. The highest BCUT2D eigenvalue weighted by molar-refractivity contribution is 5.74. The molecule has 3 amide bonds. The van der Waals surface area contributed by atoms with Gasteiger partial charge in [0.25, 0.3) is 0 Å². The van der Waals surface area contributed by atoms with E-state index in [1.165, 1.54) is 51.3 Å². The zero-order valence-corrected chi connectivity index (χ0v) is 22.1. The molecular formula is C27H42F2N4O4. The van der Waals surface area contributed by atoms with Gasteiger partial charge in [0.1, 0.15) is 11.6 Å². The van der Waals surface area contributed by atoms with Gasteiger partial charge in [0, 0.05) is 44.2 Å². The first-order valence-corrected chi connectivity index (χ1v) is 13.5. The van der Waals surface area contributed by atoms with Crippen LogP contribution in [0, 0.1) is 23.5 Å². The second-order valence-corrected chi connectivity index (χ2v) is 10.2. The minimum absolute atomic E-state index is 0.0507. The molecule has 3 N–H and O–H groups in total. The Morgan fingerprint density at radius 1 is 1.08 bits per heavy atom. The van der Waals surface area contributed by atoms with Gasteiger partial charge in [-0.05, 0) is 49.9 Å². The number of carbonyl (C=O) groups is 2. The van der Waals surface area contributed by atoms with Gasteiger partial charge >= 0.3 is 12.1 Å². The number of benzene rings is 1. The van der Waals surface area contributed by atoms with Crippen molar-refractivity contribution in [1.29, 1.82) is 0 Å². The van der Waals surface area contributed by atoms with Crippen molar-refractivity contribution < 1.29 is 27.8 Å². The first-order valence-electron chi connectivity index (χ1n) is 13.5. The Kier molecular flexibility index (Phi) is 11.9. The number of likely N-dealkylation sites (tertiary alicyclic amines) is 1. The number of hydrogen-bond donors (Lipinski definition) is 3. The van der Waals surface area contributed by atoms with Crippen LogP contribution in [-0.2, 0) is 9.47 Å². The van der Waals surface area contributed by atoms with E-state index in [1.54, 1.807) is 4.90 Å². The fourth-order valence-corrected chi connectivity index (χ4v) is 5.63. The van der Waals surface area contributed by atoms with E-state index >= 15 is 0 Å². The Morgan fingerprint density at radius 2 is 1.81 bits per heavy atom. The van der Waals surface area contributed by atoms with E-state index in [0.717, 1.165) is 25.3 Å². The number of alkyl carbamates (subject to hydrolysis) is 1. The summed E-state index contributed by atoms with van der Waals surface area (Å²) in [6.45, 7) is 2.05. The minimum atomic E-state index is -0.681. The maximum Gasteiger partial charge on any atom is 0.406 e. The van der Waals surface area contributed by atoms with Crippen LogP contribution in [0.3, 0.4) is 0 Å². The molecule has 0 radical (unpaired) electrons. The number of urea groups is 1. The summed E-state index contributed by atoms with van der Waals surface area (Å²) in [5.41, 5.74) is 0.383. The average Bonchev–Trinajstić information content (AvgIpc) is 2.88. The van der Waals surface area contributed by atoms with Gasteiger partial charge in [0.15, 0.2) is 0 Å². The molecule has 0 spiro atoms. The van der Waals surface area contributed by atoms with Crippen LogP contribution in [0.5, 0.6) is 0 Å². The van der Waals surface area contributed by atoms with E-state index in [-0.39, 0.29) is 31.1 Å². The van der Waals surface area contributed by atoms with Gasteiger partial charge in [-0.25, -0.2) is 18.4 Å². The lowest BCUT2D eigenvalue weighted by Gasteiger charge is -2.38. The highest BCUT2D eigenvalue weighted by atomic mass is 19.1. The van der Waals surface area contributed by atoms with E-state index in [4.69, 9.17) is 4.74 Å². The summed E-state index contributed by atoms with van der Waals surface area (Å²) in [5, 5.41) is 8.97. The largest absolute Gasteiger partial charge is 0.453 e. The smallest absolute Gasteiger partial charge is 0.406 e. The van der Waals surface area contributed by atoms with Crippen LogP contribution in [0.1, 0.15) is 63.0 Å². The summed E-state index contributed by atoms with van der Waals surface area (Å²) in [6.07, 6.45) is 7.51. The molecule has 1 aromatic carbocycles. The lowest BCUT2D eigenvalue weighted by Crippen LogP contribution is -2.52. The minimum Gasteiger partial charge on any atom is -0.453 e. The molecule has 1 aliphatic heterocycles. The predicted octanol–water partition coefficient (Wildman–Crippen LogP) is 4.36. The van der Waals surface area contributed by atoms with Crippen LogP contribution in [0.4, 0.5) is 18.4 Å². The lowest BCUT2D eigenvalue weighted by atomic mass is 9.85. The third-order valence-corrected chi connectivity index (χ3v) is 7.36. The molecule has 1 heterocycles. The number of carbonyl (C=O) groups excluding carboxylic acids is 2. The molecule has 1 aromatic rings. The van der Waals surface area contributed by atoms with E-state index in [9.17, 15) is 18.4 Å². The van der Waals surface area contributed by atoms with Gasteiger partial charge in [0.05, 0.1) is 19.8 Å². The van der Waals surface area contributed by atoms with Gasteiger partial charge in [-0.3, -0.25) is 0 Å². The Labute approximate surface area is 218 Å². The van der Waals surface area contributed by atoms with Gasteiger partial charge in [-0.2, -0.15) is 0 Å². The zero-order chi connectivity index (χ0) is 26.6. The van der Waals surface area contributed by atoms with Crippen molar-refractivity contribution in [2.45, 2.75) is 63.5 Å². The van der Waals surface area contributed by atoms with Crippen molar-refractivity contribution in [2.24, 2.45) is 11.8 Å². The quantitative estimate of drug-likeness (QED) is 0.374. The summed E-state index contributed by atoms with van der Waals surface area (Å²) in [4.78, 5) is 26.4. The zero-order valence-electron chi connectivity index (χ0n) is 22.1. The van der Waals surface area contributed by atoms with E-state index in [1.807, 2.05) is 7.05 Å². The molecule has 1 aliphatic carbocycles. The fourth-order valence-electron chi connectivity index (χ4n) is 5.63. The summed E-state index contributed by atoms with van der Waals surface area (Å²) >= 11 is 0. The van der Waals surface area contributed by atoms with Crippen molar-refractivity contribution in [1.82, 2.24) is 20.9 Å². The first-order chi connectivity index (χ1) is 17.9. The fraction of sp³-hybridized carbons (Fsp3) is 0.704. The number of halogens is 2. The van der Waals surface area contributed by atoms with Crippen LogP contribution < -0.4 is 16.0 Å². The molecule has 3 rings (SSSR count). The van der Waals surface area contributed by atoms with Gasteiger partial charge in [-0.15, -0.1) is 0 Å². The molecule has 8 nitrogen and oxygen atoms in total. The molecule has 3 unspecified atom stereocenters. The number of methoxy groups -OCH3 is 1. The molecule has 0 aromatic heterocycles. The molecule has 1 saturated heterocycles. The van der Waals surface area contributed by atoms with Crippen molar-refractivity contribution in [2.75, 3.05) is 46.9 Å². The van der Waals surface area contributed by atoms with Crippen LogP contribution in [0.25, 0.3) is 0 Å². The summed E-state index contributed by atoms with van der Waals surface area (Å²) < 4.78 is 38.7. The van der Waals surface area contributed by atoms with E-state index in [2.05, 4.69) is 20.7 Å². The molecule has 0 bridgehead atoms. The molecule has 10 heteroatoms. The molecule has 2 aliphatic rings. The molecule has 1 saturated carbocycles. The van der Waals surface area contributed by atoms with Gasteiger partial charge < -0.3 is 30.3 Å². The van der Waals surface area contributed by atoms with Crippen molar-refractivity contribution in [3.8, 4) is 0 Å². The molecular weight excluding hydrogens is 482 g/mol.